The van der Waals surface area contributed by atoms with Gasteiger partial charge >= 0.3 is 0 Å². The molecule has 2 heterocycles. The summed E-state index contributed by atoms with van der Waals surface area (Å²) in [5.41, 5.74) is 6.22. The van der Waals surface area contributed by atoms with Gasteiger partial charge in [-0.25, -0.2) is 0 Å². The quantitative estimate of drug-likeness (QED) is 0.758. The molecule has 0 bridgehead atoms. The van der Waals surface area contributed by atoms with Crippen LogP contribution in [0.4, 0.5) is 0 Å². The fourth-order valence-corrected chi connectivity index (χ4v) is 3.06. The lowest BCUT2D eigenvalue weighted by Crippen LogP contribution is -2.52. The Hall–Kier alpha value is -2.41. The van der Waals surface area contributed by atoms with Crippen molar-refractivity contribution in [1.82, 2.24) is 10.2 Å². The van der Waals surface area contributed by atoms with E-state index in [1.54, 1.807) is 0 Å². The van der Waals surface area contributed by atoms with E-state index in [2.05, 4.69) is 5.32 Å². The van der Waals surface area contributed by atoms with Crippen LogP contribution in [-0.4, -0.2) is 34.6 Å². The van der Waals surface area contributed by atoms with Crippen LogP contribution in [-0.2, 0) is 16.1 Å². The number of fused-ring (bicyclic) bond motifs is 1. The highest BCUT2D eigenvalue weighted by Gasteiger charge is 2.40. The zero-order valence-corrected chi connectivity index (χ0v) is 12.1. The molecule has 3 N–H and O–H groups in total. The Morgan fingerprint density at radius 2 is 2.05 bits per heavy atom. The molecule has 0 radical (unpaired) electrons. The first kappa shape index (κ1) is 14.5. The summed E-state index contributed by atoms with van der Waals surface area (Å²) >= 11 is 5.92. The topological polar surface area (TPSA) is 110 Å². The Labute approximate surface area is 130 Å². The van der Waals surface area contributed by atoms with Crippen molar-refractivity contribution in [3.63, 3.8) is 0 Å². The first-order chi connectivity index (χ1) is 10.4. The molecule has 1 aromatic carbocycles. The number of primary amides is 1. The smallest absolute Gasteiger partial charge is 0.255 e. The number of carbonyl (C=O) groups excluding carboxylic acids is 4. The molecule has 4 amide bonds. The largest absolute Gasteiger partial charge is 0.366 e. The number of nitrogens with zero attached hydrogens (tertiary/aromatic N) is 1. The van der Waals surface area contributed by atoms with Gasteiger partial charge in [0, 0.05) is 29.1 Å². The predicted octanol–water partition coefficient (Wildman–Crippen LogP) is 0.200. The van der Waals surface area contributed by atoms with Crippen LogP contribution in [0.5, 0.6) is 0 Å². The van der Waals surface area contributed by atoms with Crippen LogP contribution in [0.2, 0.25) is 5.02 Å². The summed E-state index contributed by atoms with van der Waals surface area (Å²) in [6, 6.07) is 2.12. The molecular weight excluding hydrogens is 310 g/mol. The van der Waals surface area contributed by atoms with E-state index >= 15 is 0 Å². The fourth-order valence-electron chi connectivity index (χ4n) is 2.85. The second-order valence-corrected chi connectivity index (χ2v) is 5.68. The summed E-state index contributed by atoms with van der Waals surface area (Å²) in [7, 11) is 0. The van der Waals surface area contributed by atoms with Gasteiger partial charge in [-0.05, 0) is 24.1 Å². The van der Waals surface area contributed by atoms with Crippen LogP contribution in [0.25, 0.3) is 0 Å². The number of benzene rings is 1. The molecule has 7 nitrogen and oxygen atoms in total. The normalized spacial score (nSPS) is 20.9. The van der Waals surface area contributed by atoms with Gasteiger partial charge in [-0.1, -0.05) is 11.6 Å². The van der Waals surface area contributed by atoms with E-state index in [-0.39, 0.29) is 41.4 Å². The minimum atomic E-state index is -0.739. The van der Waals surface area contributed by atoms with Gasteiger partial charge in [-0.2, -0.15) is 0 Å². The molecular formula is C14H12ClN3O4. The molecule has 1 fully saturated rings. The molecule has 22 heavy (non-hydrogen) atoms. The first-order valence-electron chi connectivity index (χ1n) is 6.65. The van der Waals surface area contributed by atoms with Gasteiger partial charge in [0.15, 0.2) is 0 Å². The van der Waals surface area contributed by atoms with Gasteiger partial charge in [0.25, 0.3) is 5.91 Å². The summed E-state index contributed by atoms with van der Waals surface area (Å²) < 4.78 is 0. The van der Waals surface area contributed by atoms with Crippen molar-refractivity contribution < 1.29 is 19.2 Å². The highest BCUT2D eigenvalue weighted by atomic mass is 35.5. The third-order valence-electron chi connectivity index (χ3n) is 3.89. The van der Waals surface area contributed by atoms with E-state index in [0.717, 1.165) is 0 Å². The zero-order valence-electron chi connectivity index (χ0n) is 11.4. The molecule has 0 spiro atoms. The Morgan fingerprint density at radius 3 is 2.68 bits per heavy atom. The average Bonchev–Trinajstić information content (AvgIpc) is 2.75. The van der Waals surface area contributed by atoms with Gasteiger partial charge in [0.2, 0.25) is 17.7 Å². The lowest BCUT2D eigenvalue weighted by Gasteiger charge is -2.29. The van der Waals surface area contributed by atoms with E-state index in [1.807, 2.05) is 0 Å². The number of piperidine rings is 1. The molecule has 2 aliphatic heterocycles. The number of rotatable bonds is 2. The fraction of sp³-hybridized carbons (Fsp3) is 0.286. The number of imide groups is 1. The van der Waals surface area contributed by atoms with Crippen molar-refractivity contribution in [3.8, 4) is 0 Å². The van der Waals surface area contributed by atoms with Gasteiger partial charge in [0.05, 0.1) is 0 Å². The maximum atomic E-state index is 12.5. The Kier molecular flexibility index (Phi) is 3.37. The van der Waals surface area contributed by atoms with Crippen LogP contribution >= 0.6 is 11.6 Å². The summed E-state index contributed by atoms with van der Waals surface area (Å²) in [5.74, 6) is -1.94. The van der Waals surface area contributed by atoms with Crippen molar-refractivity contribution in [1.29, 1.82) is 0 Å². The average molecular weight is 322 g/mol. The zero-order chi connectivity index (χ0) is 16.0. The number of nitrogens with one attached hydrogen (secondary N) is 1. The molecule has 8 heteroatoms. The van der Waals surface area contributed by atoms with E-state index in [0.29, 0.717) is 5.56 Å². The van der Waals surface area contributed by atoms with Crippen molar-refractivity contribution in [2.45, 2.75) is 25.4 Å². The molecule has 0 aliphatic carbocycles. The molecule has 114 valence electrons. The Balaban J connectivity index is 1.98. The molecule has 1 unspecified atom stereocenters. The molecule has 0 aromatic heterocycles. The van der Waals surface area contributed by atoms with Gasteiger partial charge in [-0.3, -0.25) is 24.5 Å². The summed E-state index contributed by atoms with van der Waals surface area (Å²) in [5, 5.41) is 2.44. The number of amides is 4. The van der Waals surface area contributed by atoms with E-state index in [1.165, 1.54) is 17.0 Å². The maximum absolute atomic E-state index is 12.5. The minimum absolute atomic E-state index is 0.0931. The van der Waals surface area contributed by atoms with Crippen LogP contribution in [0.1, 0.15) is 39.1 Å². The molecule has 1 aromatic rings. The van der Waals surface area contributed by atoms with Gasteiger partial charge in [0.1, 0.15) is 6.04 Å². The number of hydrogen-bond acceptors (Lipinski definition) is 4. The molecule has 3 rings (SSSR count). The first-order valence-corrected chi connectivity index (χ1v) is 7.03. The van der Waals surface area contributed by atoms with Crippen molar-refractivity contribution in [3.05, 3.63) is 33.8 Å². The second kappa shape index (κ2) is 5.10. The van der Waals surface area contributed by atoms with E-state index in [4.69, 9.17) is 17.3 Å². The Bertz CT molecular complexity index is 731. The van der Waals surface area contributed by atoms with Crippen LogP contribution in [0.15, 0.2) is 12.1 Å². The third kappa shape index (κ3) is 2.23. The lowest BCUT2D eigenvalue weighted by atomic mass is 10.0. The van der Waals surface area contributed by atoms with Crippen molar-refractivity contribution in [2.75, 3.05) is 0 Å². The standard InChI is InChI=1S/C14H12ClN3O4/c15-6-3-7(12(16)20)9-5-18(14(22)8(9)4-6)10-1-2-11(19)17-13(10)21/h3-4,10H,1-2,5H2,(H2,16,20)(H,17,19,21). The number of carbonyl (C=O) groups is 4. The van der Waals surface area contributed by atoms with Crippen molar-refractivity contribution in [2.24, 2.45) is 5.73 Å². The van der Waals surface area contributed by atoms with E-state index < -0.39 is 23.8 Å². The third-order valence-corrected chi connectivity index (χ3v) is 4.10. The SMILES string of the molecule is NC(=O)c1cc(Cl)cc2c1CN(C1CCC(=O)NC1=O)C2=O. The Morgan fingerprint density at radius 1 is 1.32 bits per heavy atom. The monoisotopic (exact) mass is 321 g/mol. The van der Waals surface area contributed by atoms with Crippen LogP contribution in [0, 0.1) is 0 Å². The minimum Gasteiger partial charge on any atom is -0.366 e. The van der Waals surface area contributed by atoms with E-state index in [9.17, 15) is 19.2 Å². The molecule has 1 atom stereocenters. The van der Waals surface area contributed by atoms with Crippen LogP contribution < -0.4 is 11.1 Å². The highest BCUT2D eigenvalue weighted by Crippen LogP contribution is 2.32. The summed E-state index contributed by atoms with van der Waals surface area (Å²) in [6.07, 6.45) is 0.421. The highest BCUT2D eigenvalue weighted by molar-refractivity contribution is 6.31. The van der Waals surface area contributed by atoms with Gasteiger partial charge in [-0.15, -0.1) is 0 Å². The lowest BCUT2D eigenvalue weighted by molar-refractivity contribution is -0.136. The van der Waals surface area contributed by atoms with Crippen LogP contribution in [0.3, 0.4) is 0 Å². The predicted molar refractivity (Wildman–Crippen MR) is 76.0 cm³/mol. The van der Waals surface area contributed by atoms with Crippen molar-refractivity contribution >= 4 is 35.2 Å². The molecule has 0 saturated carbocycles. The number of halogens is 1. The number of hydrogen-bond donors (Lipinski definition) is 2. The van der Waals surface area contributed by atoms with Gasteiger partial charge < -0.3 is 10.6 Å². The number of nitrogens with two attached hydrogens (primary N) is 1. The molecule has 2 aliphatic rings. The summed E-state index contributed by atoms with van der Waals surface area (Å²) in [6.45, 7) is 0.0931. The summed E-state index contributed by atoms with van der Waals surface area (Å²) in [4.78, 5) is 48.5. The second-order valence-electron chi connectivity index (χ2n) is 5.24. The molecule has 1 saturated heterocycles. The maximum Gasteiger partial charge on any atom is 0.255 e.